The van der Waals surface area contributed by atoms with Gasteiger partial charge in [0.15, 0.2) is 11.5 Å². The summed E-state index contributed by atoms with van der Waals surface area (Å²) in [5.74, 6) is 5.06. The van der Waals surface area contributed by atoms with Gasteiger partial charge in [-0.3, -0.25) is 24.2 Å². The van der Waals surface area contributed by atoms with Crippen molar-refractivity contribution in [1.29, 1.82) is 0 Å². The maximum atomic E-state index is 16.9. The van der Waals surface area contributed by atoms with Crippen LogP contribution in [0.15, 0.2) is 163 Å². The lowest BCUT2D eigenvalue weighted by atomic mass is 9.64. The summed E-state index contributed by atoms with van der Waals surface area (Å²) < 4.78 is 18.0. The van der Waals surface area contributed by atoms with Gasteiger partial charge in [0.1, 0.15) is 23.3 Å². The summed E-state index contributed by atoms with van der Waals surface area (Å²) in [5.41, 5.74) is 4.33. The first-order valence-corrected chi connectivity index (χ1v) is 26.0. The second-order valence-electron chi connectivity index (χ2n) is 20.3. The molecule has 7 atom stereocenters. The average molecular weight is 1000 g/mol. The van der Waals surface area contributed by atoms with Crippen molar-refractivity contribution in [2.45, 2.75) is 74.8 Å². The number of amides is 4. The minimum absolute atomic E-state index is 0.00273. The number of carbonyl (C=O) groups excluding carboxylic acids is 4. The van der Waals surface area contributed by atoms with Crippen molar-refractivity contribution in [3.05, 3.63) is 202 Å². The van der Waals surface area contributed by atoms with E-state index in [1.807, 2.05) is 133 Å². The first kappa shape index (κ1) is 47.8. The summed E-state index contributed by atoms with van der Waals surface area (Å²) in [4.78, 5) is 71.6. The van der Waals surface area contributed by atoms with Gasteiger partial charge in [0.05, 0.1) is 29.7 Å². The van der Waals surface area contributed by atoms with Crippen LogP contribution in [0.1, 0.15) is 95.8 Å². The molecule has 378 valence electrons. The van der Waals surface area contributed by atoms with Crippen LogP contribution in [-0.4, -0.2) is 82.6 Å². The van der Waals surface area contributed by atoms with Crippen LogP contribution < -0.4 is 19.7 Å². The summed E-state index contributed by atoms with van der Waals surface area (Å²) in [6.45, 7) is 4.27. The van der Waals surface area contributed by atoms with E-state index in [1.165, 1.54) is 4.90 Å². The molecule has 1 aliphatic carbocycles. The standard InChI is InChI=1S/C62H57N5O8/c1-40(44-16-8-3-9-17-44)63-61(72)66-50-30-24-42(23-22-41-14-6-2-7-15-41)36-49(50)62(60(66)71)53(58(69)65-34-32-64(33-35-65)38-43-25-31-51-52(37-43)74-39-73-51)55-59(70)75-56(46-20-12-5-13-21-46)54(45-18-10-4-11-19-45)67(55)57(62)47-26-28-48(68)29-27-47/h3-5,8-14,16-21,24-31,36-37,40,53-57,68H,2,6-7,15,32-35,38-39H2,1H3,(H,63,72)/t40-,53+,54+,55+,56-,57-,62+/m1/s1. The molecule has 6 aliphatic rings. The predicted octanol–water partition coefficient (Wildman–Crippen LogP) is 9.45. The Morgan fingerprint density at radius 3 is 2.17 bits per heavy atom. The number of phenols is 1. The molecule has 0 saturated carbocycles. The number of piperazine rings is 1. The lowest BCUT2D eigenvalue weighted by molar-refractivity contribution is -0.179. The first-order chi connectivity index (χ1) is 36.7. The number of hydrogen-bond acceptors (Lipinski definition) is 10. The zero-order valence-electron chi connectivity index (χ0n) is 41.6. The molecule has 13 heteroatoms. The van der Waals surface area contributed by atoms with E-state index in [0.717, 1.165) is 53.5 Å². The molecule has 3 fully saturated rings. The maximum Gasteiger partial charge on any atom is 0.329 e. The van der Waals surface area contributed by atoms with Crippen molar-refractivity contribution in [2.75, 3.05) is 37.9 Å². The summed E-state index contributed by atoms with van der Waals surface area (Å²) in [6, 6.07) is 42.4. The van der Waals surface area contributed by atoms with E-state index in [9.17, 15) is 5.11 Å². The maximum absolute atomic E-state index is 16.9. The zero-order valence-corrected chi connectivity index (χ0v) is 41.6. The van der Waals surface area contributed by atoms with Gasteiger partial charge >= 0.3 is 12.0 Å². The van der Waals surface area contributed by atoms with Crippen LogP contribution in [0.25, 0.3) is 0 Å². The molecule has 12 rings (SSSR count). The van der Waals surface area contributed by atoms with Crippen molar-refractivity contribution in [3.63, 3.8) is 0 Å². The molecule has 3 saturated heterocycles. The lowest BCUT2D eigenvalue weighted by Crippen LogP contribution is -2.59. The number of imide groups is 1. The number of anilines is 1. The second kappa shape index (κ2) is 19.9. The van der Waals surface area contributed by atoms with Crippen LogP contribution in [-0.2, 0) is 31.1 Å². The molecular weight excluding hydrogens is 943 g/mol. The Hall–Kier alpha value is -8.18. The number of hydrogen-bond donors (Lipinski definition) is 2. The Bertz CT molecular complexity index is 3260. The molecular formula is C62H57N5O8. The summed E-state index contributed by atoms with van der Waals surface area (Å²) >= 11 is 0. The molecule has 0 bridgehead atoms. The average Bonchev–Trinajstić information content (AvgIpc) is 4.16. The fraction of sp³-hybridized carbons (Fsp3) is 0.290. The van der Waals surface area contributed by atoms with Crippen LogP contribution in [0.3, 0.4) is 0 Å². The molecule has 0 unspecified atom stereocenters. The second-order valence-corrected chi connectivity index (χ2v) is 20.3. The van der Waals surface area contributed by atoms with Gasteiger partial charge in [-0.05, 0) is 114 Å². The van der Waals surface area contributed by atoms with Gasteiger partial charge in [-0.15, -0.1) is 0 Å². The van der Waals surface area contributed by atoms with Gasteiger partial charge in [-0.25, -0.2) is 9.69 Å². The number of nitrogens with one attached hydrogen (secondary N) is 1. The fourth-order valence-electron chi connectivity index (χ4n) is 12.4. The molecule has 0 aromatic heterocycles. The highest BCUT2D eigenvalue weighted by Gasteiger charge is 2.76. The number of cyclic esters (lactones) is 1. The van der Waals surface area contributed by atoms with E-state index in [2.05, 4.69) is 28.1 Å². The Morgan fingerprint density at radius 1 is 0.747 bits per heavy atom. The summed E-state index contributed by atoms with van der Waals surface area (Å²) in [7, 11) is 0. The molecule has 0 radical (unpaired) electrons. The van der Waals surface area contributed by atoms with Gasteiger partial charge in [0.2, 0.25) is 18.6 Å². The number of fused-ring (bicyclic) bond motifs is 4. The fourth-order valence-corrected chi connectivity index (χ4v) is 12.4. The van der Waals surface area contributed by atoms with Crippen molar-refractivity contribution in [3.8, 4) is 29.1 Å². The van der Waals surface area contributed by atoms with Crippen LogP contribution in [0, 0.1) is 17.8 Å². The molecule has 1 spiro atoms. The number of nitrogens with zero attached hydrogens (tertiary/aromatic N) is 4. The minimum Gasteiger partial charge on any atom is -0.508 e. The molecule has 5 heterocycles. The lowest BCUT2D eigenvalue weighted by Gasteiger charge is -2.46. The third-order valence-corrected chi connectivity index (χ3v) is 16.0. The summed E-state index contributed by atoms with van der Waals surface area (Å²) in [6.07, 6.45) is 5.24. The Morgan fingerprint density at radius 2 is 1.45 bits per heavy atom. The summed E-state index contributed by atoms with van der Waals surface area (Å²) in [5, 5.41) is 14.0. The number of urea groups is 1. The Balaban J connectivity index is 1.05. The largest absolute Gasteiger partial charge is 0.508 e. The SMILES string of the molecule is C[C@@H](NC(=O)N1C(=O)[C@@]2(c3cc(C#CC4=CCCCC4)ccc31)[C@H](C(=O)N1CCN(Cc3ccc4c(c3)OCO4)CC1)[C@H]1C(=O)O[C@H](c3ccccc3)[C@H](c3ccccc3)N1[C@@H]2c1ccc(O)cc1)c1ccccc1. The number of phenolic OH excluding ortho intramolecular Hbond substituents is 1. The van der Waals surface area contributed by atoms with Crippen LogP contribution in [0.4, 0.5) is 10.5 Å². The number of benzene rings is 6. The van der Waals surface area contributed by atoms with E-state index in [1.54, 1.807) is 35.2 Å². The third-order valence-electron chi connectivity index (χ3n) is 16.0. The molecule has 4 amide bonds. The predicted molar refractivity (Wildman–Crippen MR) is 281 cm³/mol. The highest BCUT2D eigenvalue weighted by Crippen LogP contribution is 2.66. The highest BCUT2D eigenvalue weighted by molar-refractivity contribution is 6.24. The van der Waals surface area contributed by atoms with Gasteiger partial charge in [0, 0.05) is 38.3 Å². The monoisotopic (exact) mass is 999 g/mol. The van der Waals surface area contributed by atoms with Gasteiger partial charge < -0.3 is 29.5 Å². The van der Waals surface area contributed by atoms with Crippen molar-refractivity contribution in [1.82, 2.24) is 20.0 Å². The van der Waals surface area contributed by atoms with Crippen molar-refractivity contribution >= 4 is 29.5 Å². The number of ether oxygens (including phenoxy) is 3. The normalized spacial score (nSPS) is 24.4. The van der Waals surface area contributed by atoms with E-state index >= 15 is 19.2 Å². The van der Waals surface area contributed by atoms with Crippen LogP contribution >= 0.6 is 0 Å². The van der Waals surface area contributed by atoms with E-state index in [-0.39, 0.29) is 12.5 Å². The van der Waals surface area contributed by atoms with Crippen molar-refractivity contribution in [2.24, 2.45) is 5.92 Å². The Kier molecular flexibility index (Phi) is 12.7. The highest BCUT2D eigenvalue weighted by atomic mass is 16.7. The van der Waals surface area contributed by atoms with Gasteiger partial charge in [0.25, 0.3) is 0 Å². The molecule has 13 nitrogen and oxygen atoms in total. The smallest absolute Gasteiger partial charge is 0.329 e. The zero-order chi connectivity index (χ0) is 51.2. The molecule has 2 N–H and O–H groups in total. The van der Waals surface area contributed by atoms with Gasteiger partial charge in [-0.1, -0.05) is 127 Å². The minimum atomic E-state index is -1.95. The first-order valence-electron chi connectivity index (χ1n) is 26.0. The molecule has 6 aromatic rings. The Labute approximate surface area is 436 Å². The van der Waals surface area contributed by atoms with E-state index in [0.29, 0.717) is 66.6 Å². The quantitative estimate of drug-likeness (QED) is 0.112. The van der Waals surface area contributed by atoms with Crippen molar-refractivity contribution < 1.29 is 38.5 Å². The molecule has 6 aromatic carbocycles. The van der Waals surface area contributed by atoms with E-state index in [4.69, 9.17) is 14.2 Å². The number of esters is 1. The number of allylic oxidation sites excluding steroid dienone is 2. The topological polar surface area (TPSA) is 141 Å². The van der Waals surface area contributed by atoms with Crippen LogP contribution in [0.2, 0.25) is 0 Å². The molecule has 75 heavy (non-hydrogen) atoms. The van der Waals surface area contributed by atoms with Gasteiger partial charge in [-0.2, -0.15) is 0 Å². The number of morpholine rings is 1. The number of carbonyl (C=O) groups is 4. The number of rotatable bonds is 8. The molecule has 5 aliphatic heterocycles. The number of aromatic hydroxyl groups is 1. The third kappa shape index (κ3) is 8.57. The van der Waals surface area contributed by atoms with E-state index < -0.39 is 65.4 Å². The van der Waals surface area contributed by atoms with Crippen LogP contribution in [0.5, 0.6) is 17.2 Å².